The van der Waals surface area contributed by atoms with E-state index in [1.54, 1.807) is 24.4 Å². The Hall–Kier alpha value is -5.21. The Morgan fingerprint density at radius 2 is 1.64 bits per heavy atom. The second-order valence-electron chi connectivity index (χ2n) is 8.41. The van der Waals surface area contributed by atoms with Crippen molar-refractivity contribution in [1.82, 2.24) is 19.5 Å². The van der Waals surface area contributed by atoms with Gasteiger partial charge in [0.25, 0.3) is 0 Å². The van der Waals surface area contributed by atoms with Crippen LogP contribution in [0.25, 0.3) is 22.2 Å². The highest BCUT2D eigenvalue weighted by molar-refractivity contribution is 5.83. The minimum Gasteiger partial charge on any atom is -0.436 e. The molecule has 0 fully saturated rings. The zero-order chi connectivity index (χ0) is 25.2. The number of ether oxygens (including phenoxy) is 1. The number of aromatic nitrogens is 4. The molecular formula is C28H21N7O. The number of pyridine rings is 1. The van der Waals surface area contributed by atoms with Crippen molar-refractivity contribution in [2.45, 2.75) is 13.8 Å². The van der Waals surface area contributed by atoms with E-state index in [0.29, 0.717) is 28.8 Å². The van der Waals surface area contributed by atoms with Crippen LogP contribution in [0.3, 0.4) is 0 Å². The summed E-state index contributed by atoms with van der Waals surface area (Å²) < 4.78 is 8.35. The van der Waals surface area contributed by atoms with E-state index >= 15 is 0 Å². The van der Waals surface area contributed by atoms with E-state index in [1.165, 1.54) is 0 Å². The summed E-state index contributed by atoms with van der Waals surface area (Å²) in [5, 5.41) is 21.4. The summed E-state index contributed by atoms with van der Waals surface area (Å²) in [7, 11) is 1.92. The molecule has 3 heterocycles. The number of aryl methyl sites for hydroxylation is 3. The van der Waals surface area contributed by atoms with Gasteiger partial charge >= 0.3 is 0 Å². The number of benzene rings is 2. The van der Waals surface area contributed by atoms with Crippen LogP contribution in [0.4, 0.5) is 11.6 Å². The smallest absolute Gasteiger partial charge is 0.249 e. The van der Waals surface area contributed by atoms with Gasteiger partial charge in [0.2, 0.25) is 11.8 Å². The average molecular weight is 472 g/mol. The van der Waals surface area contributed by atoms with Gasteiger partial charge in [0.1, 0.15) is 23.0 Å². The van der Waals surface area contributed by atoms with Crippen molar-refractivity contribution >= 4 is 22.7 Å². The fourth-order valence-corrected chi connectivity index (χ4v) is 4.09. The predicted octanol–water partition coefficient (Wildman–Crippen LogP) is 5.93. The SMILES string of the molecule is Cc1cc(-c2ccnc(C#N)c2)cc(C)c1Oc1nc(Nc2ccc(C#N)cc2)nc2ccn(C)c12. The highest BCUT2D eigenvalue weighted by atomic mass is 16.5. The minimum absolute atomic E-state index is 0.373. The van der Waals surface area contributed by atoms with Crippen LogP contribution in [-0.2, 0) is 7.05 Å². The van der Waals surface area contributed by atoms with Gasteiger partial charge in [0, 0.05) is 25.1 Å². The van der Waals surface area contributed by atoms with Crippen LogP contribution in [0.1, 0.15) is 22.4 Å². The van der Waals surface area contributed by atoms with Gasteiger partial charge in [-0.05, 0) is 90.7 Å². The molecule has 0 radical (unpaired) electrons. The van der Waals surface area contributed by atoms with Gasteiger partial charge in [-0.3, -0.25) is 0 Å². The molecule has 3 aromatic heterocycles. The van der Waals surface area contributed by atoms with Gasteiger partial charge in [0.05, 0.1) is 17.1 Å². The van der Waals surface area contributed by atoms with E-state index in [9.17, 15) is 5.26 Å². The molecule has 8 nitrogen and oxygen atoms in total. The lowest BCUT2D eigenvalue weighted by Gasteiger charge is -2.15. The van der Waals surface area contributed by atoms with E-state index in [0.717, 1.165) is 39.0 Å². The minimum atomic E-state index is 0.373. The van der Waals surface area contributed by atoms with Crippen molar-refractivity contribution in [2.75, 3.05) is 5.32 Å². The number of anilines is 2. The van der Waals surface area contributed by atoms with Crippen molar-refractivity contribution < 1.29 is 4.74 Å². The first-order valence-electron chi connectivity index (χ1n) is 11.2. The van der Waals surface area contributed by atoms with Crippen LogP contribution in [0.2, 0.25) is 0 Å². The molecule has 36 heavy (non-hydrogen) atoms. The van der Waals surface area contributed by atoms with Crippen molar-refractivity contribution in [3.8, 4) is 34.9 Å². The molecule has 8 heteroatoms. The van der Waals surface area contributed by atoms with E-state index in [4.69, 9.17) is 10.00 Å². The number of hydrogen-bond donors (Lipinski definition) is 1. The molecule has 0 aliphatic heterocycles. The molecule has 0 aliphatic rings. The van der Waals surface area contributed by atoms with Gasteiger partial charge < -0.3 is 14.6 Å². The normalized spacial score (nSPS) is 10.6. The molecule has 0 saturated carbocycles. The van der Waals surface area contributed by atoms with Crippen molar-refractivity contribution in [3.63, 3.8) is 0 Å². The summed E-state index contributed by atoms with van der Waals surface area (Å²) in [5.74, 6) is 1.53. The Labute approximate surface area is 208 Å². The number of nitriles is 2. The Bertz CT molecular complexity index is 1670. The second-order valence-corrected chi connectivity index (χ2v) is 8.41. The molecule has 0 amide bonds. The topological polar surface area (TPSA) is 112 Å². The monoisotopic (exact) mass is 471 g/mol. The van der Waals surface area contributed by atoms with E-state index < -0.39 is 0 Å². The maximum Gasteiger partial charge on any atom is 0.249 e. The van der Waals surface area contributed by atoms with Crippen molar-refractivity contribution in [3.05, 3.63) is 89.4 Å². The molecule has 0 unspecified atom stereocenters. The first-order valence-corrected chi connectivity index (χ1v) is 11.2. The van der Waals surface area contributed by atoms with Crippen molar-refractivity contribution in [2.24, 2.45) is 7.05 Å². The van der Waals surface area contributed by atoms with Crippen LogP contribution in [0.5, 0.6) is 11.6 Å². The molecule has 174 valence electrons. The van der Waals surface area contributed by atoms with Crippen LogP contribution in [0.15, 0.2) is 67.0 Å². The first-order chi connectivity index (χ1) is 17.4. The Kier molecular flexibility index (Phi) is 5.77. The summed E-state index contributed by atoms with van der Waals surface area (Å²) in [6.07, 6.45) is 3.55. The summed E-state index contributed by atoms with van der Waals surface area (Å²) in [5.41, 5.74) is 6.99. The van der Waals surface area contributed by atoms with Gasteiger partial charge in [0.15, 0.2) is 0 Å². The lowest BCUT2D eigenvalue weighted by Crippen LogP contribution is -2.02. The molecular weight excluding hydrogens is 450 g/mol. The van der Waals surface area contributed by atoms with Gasteiger partial charge in [-0.15, -0.1) is 0 Å². The maximum atomic E-state index is 9.19. The molecule has 1 N–H and O–H groups in total. The lowest BCUT2D eigenvalue weighted by atomic mass is 10.00. The van der Waals surface area contributed by atoms with Crippen LogP contribution in [-0.4, -0.2) is 19.5 Å². The first kappa shape index (κ1) is 22.6. The lowest BCUT2D eigenvalue weighted by molar-refractivity contribution is 0.459. The number of nitrogens with zero attached hydrogens (tertiary/aromatic N) is 6. The molecule has 5 aromatic rings. The zero-order valence-corrected chi connectivity index (χ0v) is 19.9. The Morgan fingerprint density at radius 1 is 0.889 bits per heavy atom. The molecule has 2 aromatic carbocycles. The van der Waals surface area contributed by atoms with E-state index in [-0.39, 0.29) is 0 Å². The molecule has 0 aliphatic carbocycles. The quantitative estimate of drug-likeness (QED) is 0.338. The second kappa shape index (κ2) is 9.21. The molecule has 5 rings (SSSR count). The maximum absolute atomic E-state index is 9.19. The fraction of sp³-hybridized carbons (Fsp3) is 0.107. The summed E-state index contributed by atoms with van der Waals surface area (Å²) in [6.45, 7) is 3.97. The molecule has 0 saturated heterocycles. The Morgan fingerprint density at radius 3 is 2.33 bits per heavy atom. The van der Waals surface area contributed by atoms with Crippen molar-refractivity contribution in [1.29, 1.82) is 10.5 Å². The number of fused-ring (bicyclic) bond motifs is 1. The average Bonchev–Trinajstić information content (AvgIpc) is 3.27. The third-order valence-corrected chi connectivity index (χ3v) is 5.82. The van der Waals surface area contributed by atoms with Gasteiger partial charge in [-0.2, -0.15) is 15.5 Å². The largest absolute Gasteiger partial charge is 0.436 e. The standard InChI is InChI=1S/C28H21N7O/c1-17-12-21(20-8-10-31-23(14-20)16-30)13-18(2)26(17)36-27-25-24(9-11-35(25)3)33-28(34-27)32-22-6-4-19(15-29)5-7-22/h4-14H,1-3H3,(H,32,33,34). The summed E-state index contributed by atoms with van der Waals surface area (Å²) >= 11 is 0. The van der Waals surface area contributed by atoms with E-state index in [1.807, 2.05) is 68.1 Å². The van der Waals surface area contributed by atoms with E-state index in [2.05, 4.69) is 32.4 Å². The van der Waals surface area contributed by atoms with Gasteiger partial charge in [-0.25, -0.2) is 9.97 Å². The Balaban J connectivity index is 1.52. The predicted molar refractivity (Wildman–Crippen MR) is 137 cm³/mol. The zero-order valence-electron chi connectivity index (χ0n) is 19.9. The summed E-state index contributed by atoms with van der Waals surface area (Å²) in [6, 6.07) is 20.9. The number of hydrogen-bond acceptors (Lipinski definition) is 7. The number of nitrogens with one attached hydrogen (secondary N) is 1. The van der Waals surface area contributed by atoms with Crippen LogP contribution < -0.4 is 10.1 Å². The number of rotatable bonds is 5. The molecule has 0 atom stereocenters. The fourth-order valence-electron chi connectivity index (χ4n) is 4.09. The van der Waals surface area contributed by atoms with Gasteiger partial charge in [-0.1, -0.05) is 0 Å². The third kappa shape index (κ3) is 4.31. The highest BCUT2D eigenvalue weighted by Gasteiger charge is 2.17. The third-order valence-electron chi connectivity index (χ3n) is 5.82. The highest BCUT2D eigenvalue weighted by Crippen LogP contribution is 2.36. The summed E-state index contributed by atoms with van der Waals surface area (Å²) in [4.78, 5) is 13.4. The molecule has 0 spiro atoms. The molecule has 0 bridgehead atoms. The van der Waals surface area contributed by atoms with Crippen LogP contribution in [0, 0.1) is 36.5 Å². The van der Waals surface area contributed by atoms with Crippen LogP contribution >= 0.6 is 0 Å².